The Kier molecular flexibility index (Phi) is 2.18. The molecular formula is C11H19NO. The predicted molar refractivity (Wildman–Crippen MR) is 54.2 cm³/mol. The molecule has 1 saturated heterocycles. The first kappa shape index (κ1) is 9.20. The number of nitrogens with zero attached hydrogens (tertiary/aromatic N) is 1. The summed E-state index contributed by atoms with van der Waals surface area (Å²) in [4.78, 5) is 4.38. The minimum Gasteiger partial charge on any atom is -0.379 e. The van der Waals surface area contributed by atoms with Crippen molar-refractivity contribution >= 4 is 5.71 Å². The highest BCUT2D eigenvalue weighted by Gasteiger charge is 2.52. The third-order valence-corrected chi connectivity index (χ3v) is 3.56. The number of aliphatic imine (C=N–C) groups is 1. The van der Waals surface area contributed by atoms with Crippen LogP contribution in [-0.2, 0) is 4.74 Å². The van der Waals surface area contributed by atoms with Crippen LogP contribution < -0.4 is 0 Å². The van der Waals surface area contributed by atoms with E-state index in [4.69, 9.17) is 4.74 Å². The molecule has 0 saturated carbocycles. The normalized spacial score (nSPS) is 26.6. The minimum absolute atomic E-state index is 0.350. The molecule has 2 heteroatoms. The smallest absolute Gasteiger partial charge is 0.0776 e. The van der Waals surface area contributed by atoms with E-state index in [0.29, 0.717) is 5.41 Å². The summed E-state index contributed by atoms with van der Waals surface area (Å²) in [5.74, 6) is 1.51. The number of ether oxygens (including phenoxy) is 1. The number of hydrogen-bond donors (Lipinski definition) is 0. The van der Waals surface area contributed by atoms with Crippen LogP contribution in [0.3, 0.4) is 0 Å². The average molecular weight is 181 g/mol. The van der Waals surface area contributed by atoms with Gasteiger partial charge >= 0.3 is 0 Å². The van der Waals surface area contributed by atoms with Crippen LogP contribution in [-0.4, -0.2) is 25.5 Å². The topological polar surface area (TPSA) is 21.6 Å². The van der Waals surface area contributed by atoms with E-state index in [1.54, 1.807) is 0 Å². The molecule has 0 radical (unpaired) electrons. The molecule has 74 valence electrons. The van der Waals surface area contributed by atoms with Crippen molar-refractivity contribution in [3.05, 3.63) is 0 Å². The Bertz CT molecular complexity index is 228. The fourth-order valence-electron chi connectivity index (χ4n) is 2.77. The largest absolute Gasteiger partial charge is 0.379 e. The molecule has 0 aromatic heterocycles. The Morgan fingerprint density at radius 2 is 2.08 bits per heavy atom. The van der Waals surface area contributed by atoms with Gasteiger partial charge in [0, 0.05) is 5.71 Å². The van der Waals surface area contributed by atoms with E-state index in [1.165, 1.54) is 12.1 Å². The summed E-state index contributed by atoms with van der Waals surface area (Å²) in [5.41, 5.74) is 1.78. The summed E-state index contributed by atoms with van der Waals surface area (Å²) in [6.45, 7) is 9.76. The average Bonchev–Trinajstić information content (AvgIpc) is 2.77. The van der Waals surface area contributed by atoms with Crippen molar-refractivity contribution in [2.45, 2.75) is 27.2 Å². The molecule has 0 N–H and O–H groups in total. The van der Waals surface area contributed by atoms with Gasteiger partial charge in [0.05, 0.1) is 25.2 Å². The summed E-state index contributed by atoms with van der Waals surface area (Å²) in [6, 6.07) is 0. The molecule has 0 spiro atoms. The van der Waals surface area contributed by atoms with Crippen molar-refractivity contribution in [3.63, 3.8) is 0 Å². The molecule has 2 aliphatic rings. The third-order valence-electron chi connectivity index (χ3n) is 3.56. The van der Waals surface area contributed by atoms with Crippen molar-refractivity contribution in [2.24, 2.45) is 22.2 Å². The third kappa shape index (κ3) is 1.32. The molecule has 13 heavy (non-hydrogen) atoms. The Hall–Kier alpha value is -0.370. The second-order valence-corrected chi connectivity index (χ2v) is 4.67. The molecule has 1 fully saturated rings. The summed E-state index contributed by atoms with van der Waals surface area (Å²) in [5, 5.41) is 0. The second kappa shape index (κ2) is 3.09. The molecule has 0 amide bonds. The lowest BCUT2D eigenvalue weighted by atomic mass is 9.66. The molecular weight excluding hydrogens is 162 g/mol. The Morgan fingerprint density at radius 3 is 2.31 bits per heavy atom. The molecule has 2 heterocycles. The van der Waals surface area contributed by atoms with Gasteiger partial charge in [0.2, 0.25) is 0 Å². The SMILES string of the molecule is CCC(C(C)C)C1(C2=NC2)COC1. The summed E-state index contributed by atoms with van der Waals surface area (Å²) in [6.07, 6.45) is 1.25. The Morgan fingerprint density at radius 1 is 1.46 bits per heavy atom. The summed E-state index contributed by atoms with van der Waals surface area (Å²) in [7, 11) is 0. The van der Waals surface area contributed by atoms with E-state index in [9.17, 15) is 0 Å². The van der Waals surface area contributed by atoms with E-state index in [-0.39, 0.29) is 0 Å². The standard InChI is InChI=1S/C11H19NO/c1-4-9(8(2)3)11(6-13-7-11)10-5-12-10/h8-9H,4-7H2,1-3H3. The van der Waals surface area contributed by atoms with Gasteiger partial charge in [0.25, 0.3) is 0 Å². The maximum Gasteiger partial charge on any atom is 0.0776 e. The van der Waals surface area contributed by atoms with Gasteiger partial charge in [-0.2, -0.15) is 0 Å². The zero-order chi connectivity index (χ0) is 9.47. The molecule has 0 bridgehead atoms. The first-order chi connectivity index (χ1) is 6.20. The van der Waals surface area contributed by atoms with Gasteiger partial charge in [-0.05, 0) is 11.8 Å². The molecule has 2 rings (SSSR count). The molecule has 0 aromatic rings. The maximum atomic E-state index is 5.39. The van der Waals surface area contributed by atoms with Crippen LogP contribution in [0.5, 0.6) is 0 Å². The van der Waals surface area contributed by atoms with E-state index >= 15 is 0 Å². The first-order valence-electron chi connectivity index (χ1n) is 5.32. The van der Waals surface area contributed by atoms with Gasteiger partial charge in [-0.25, -0.2) is 0 Å². The lowest BCUT2D eigenvalue weighted by Gasteiger charge is -2.46. The van der Waals surface area contributed by atoms with Crippen LogP contribution in [0.1, 0.15) is 27.2 Å². The van der Waals surface area contributed by atoms with Gasteiger partial charge in [-0.1, -0.05) is 27.2 Å². The van der Waals surface area contributed by atoms with Crippen molar-refractivity contribution < 1.29 is 4.74 Å². The highest BCUT2D eigenvalue weighted by atomic mass is 16.5. The van der Waals surface area contributed by atoms with E-state index in [2.05, 4.69) is 25.8 Å². The molecule has 2 nitrogen and oxygen atoms in total. The highest BCUT2D eigenvalue weighted by Crippen LogP contribution is 2.45. The van der Waals surface area contributed by atoms with E-state index in [1.807, 2.05) is 0 Å². The van der Waals surface area contributed by atoms with Gasteiger partial charge in [-0.15, -0.1) is 0 Å². The van der Waals surface area contributed by atoms with E-state index in [0.717, 1.165) is 31.6 Å². The molecule has 1 unspecified atom stereocenters. The Labute approximate surface area is 80.4 Å². The first-order valence-corrected chi connectivity index (χ1v) is 5.32. The minimum atomic E-state index is 0.350. The Balaban J connectivity index is 2.13. The highest BCUT2D eigenvalue weighted by molar-refractivity contribution is 6.02. The quantitative estimate of drug-likeness (QED) is 0.651. The lowest BCUT2D eigenvalue weighted by Crippen LogP contribution is -2.53. The lowest BCUT2D eigenvalue weighted by molar-refractivity contribution is -0.110. The molecule has 0 aromatic carbocycles. The fourth-order valence-corrected chi connectivity index (χ4v) is 2.77. The van der Waals surface area contributed by atoms with Crippen LogP contribution >= 0.6 is 0 Å². The van der Waals surface area contributed by atoms with E-state index < -0.39 is 0 Å². The zero-order valence-electron chi connectivity index (χ0n) is 8.84. The van der Waals surface area contributed by atoms with Gasteiger partial charge < -0.3 is 4.74 Å². The molecule has 0 aliphatic carbocycles. The van der Waals surface area contributed by atoms with Gasteiger partial charge in [-0.3, -0.25) is 4.99 Å². The monoisotopic (exact) mass is 181 g/mol. The summed E-state index contributed by atoms with van der Waals surface area (Å²) < 4.78 is 5.39. The van der Waals surface area contributed by atoms with Crippen LogP contribution in [0.25, 0.3) is 0 Å². The second-order valence-electron chi connectivity index (χ2n) is 4.67. The number of rotatable bonds is 4. The van der Waals surface area contributed by atoms with Crippen LogP contribution in [0.15, 0.2) is 4.99 Å². The van der Waals surface area contributed by atoms with Crippen LogP contribution in [0.4, 0.5) is 0 Å². The fraction of sp³-hybridized carbons (Fsp3) is 0.909. The van der Waals surface area contributed by atoms with Crippen molar-refractivity contribution in [1.82, 2.24) is 0 Å². The van der Waals surface area contributed by atoms with Crippen molar-refractivity contribution in [2.75, 3.05) is 19.8 Å². The number of hydrogen-bond acceptors (Lipinski definition) is 2. The zero-order valence-corrected chi connectivity index (χ0v) is 8.84. The van der Waals surface area contributed by atoms with Crippen molar-refractivity contribution in [1.29, 1.82) is 0 Å². The molecule has 1 atom stereocenters. The van der Waals surface area contributed by atoms with Gasteiger partial charge in [0.15, 0.2) is 0 Å². The van der Waals surface area contributed by atoms with Crippen LogP contribution in [0, 0.1) is 17.3 Å². The maximum absolute atomic E-state index is 5.39. The summed E-state index contributed by atoms with van der Waals surface area (Å²) >= 11 is 0. The predicted octanol–water partition coefficient (Wildman–Crippen LogP) is 2.14. The van der Waals surface area contributed by atoms with Crippen molar-refractivity contribution in [3.8, 4) is 0 Å². The van der Waals surface area contributed by atoms with Gasteiger partial charge in [0.1, 0.15) is 0 Å². The molecule has 2 aliphatic heterocycles. The van der Waals surface area contributed by atoms with Crippen LogP contribution in [0.2, 0.25) is 0 Å².